The van der Waals surface area contributed by atoms with Crippen LogP contribution in [0.15, 0.2) is 25.1 Å². The average molecular weight is 369 g/mol. The Labute approximate surface area is 145 Å². The summed E-state index contributed by atoms with van der Waals surface area (Å²) in [4.78, 5) is 23.5. The minimum atomic E-state index is -1.17. The van der Waals surface area contributed by atoms with E-state index in [-0.39, 0.29) is 17.0 Å². The number of fused-ring (bicyclic) bond motifs is 1. The molecule has 0 aliphatic carbocycles. The van der Waals surface area contributed by atoms with E-state index in [9.17, 15) is 19.4 Å². The second-order valence-electron chi connectivity index (χ2n) is 5.41. The van der Waals surface area contributed by atoms with Crippen molar-refractivity contribution in [2.75, 3.05) is 17.3 Å². The second kappa shape index (κ2) is 7.04. The van der Waals surface area contributed by atoms with Gasteiger partial charge in [-0.15, -0.1) is 0 Å². The van der Waals surface area contributed by atoms with E-state index >= 15 is 0 Å². The first-order valence-electron chi connectivity index (χ1n) is 7.28. The monoisotopic (exact) mass is 369 g/mol. The molecule has 1 amide bonds. The number of aliphatic hydroxyl groups is 2. The molecule has 0 aromatic carbocycles. The van der Waals surface area contributed by atoms with E-state index in [0.29, 0.717) is 5.75 Å². The number of nitrogens with one attached hydrogen (secondary N) is 1. The van der Waals surface area contributed by atoms with Crippen LogP contribution in [0.5, 0.6) is 0 Å². The molecule has 3 heterocycles. The molecule has 0 saturated carbocycles. The lowest BCUT2D eigenvalue weighted by Gasteiger charge is -2.16. The number of imidazole rings is 1. The maximum Gasteiger partial charge on any atom is 0.284 e. The number of anilines is 1. The molecule has 3 N–H and O–H groups in total. The Morgan fingerprint density at radius 1 is 1.44 bits per heavy atom. The Bertz CT molecular complexity index is 816. The van der Waals surface area contributed by atoms with Gasteiger partial charge in [-0.3, -0.25) is 9.36 Å². The zero-order valence-corrected chi connectivity index (χ0v) is 14.0. The molecule has 4 atom stereocenters. The fraction of sp³-hybridized carbons (Fsp3) is 0.429. The van der Waals surface area contributed by atoms with Gasteiger partial charge in [-0.25, -0.2) is 19.3 Å². The van der Waals surface area contributed by atoms with Crippen molar-refractivity contribution in [2.24, 2.45) is 0 Å². The van der Waals surface area contributed by atoms with Crippen molar-refractivity contribution >= 4 is 34.7 Å². The van der Waals surface area contributed by atoms with Gasteiger partial charge in [0.1, 0.15) is 18.5 Å². The smallest absolute Gasteiger partial charge is 0.284 e. The lowest BCUT2D eigenvalue weighted by Crippen LogP contribution is -2.32. The number of hydrogen-bond acceptors (Lipinski definition) is 8. The quantitative estimate of drug-likeness (QED) is 0.640. The molecule has 1 saturated heterocycles. The summed E-state index contributed by atoms with van der Waals surface area (Å²) in [5.41, 5.74) is 0.450. The van der Waals surface area contributed by atoms with Crippen molar-refractivity contribution in [3.8, 4) is 0 Å². The fourth-order valence-corrected chi connectivity index (χ4v) is 3.17. The summed E-state index contributed by atoms with van der Waals surface area (Å²) in [6, 6.07) is 0. The molecule has 3 rings (SSSR count). The number of hydrogen-bond donors (Lipinski definition) is 3. The molecular weight excluding hydrogens is 353 g/mol. The Morgan fingerprint density at radius 3 is 2.88 bits per heavy atom. The number of aliphatic hydroxyl groups excluding tert-OH is 2. The molecule has 1 fully saturated rings. The van der Waals surface area contributed by atoms with Gasteiger partial charge in [-0.1, -0.05) is 6.58 Å². The molecule has 25 heavy (non-hydrogen) atoms. The number of ether oxygens (including phenoxy) is 1. The first-order chi connectivity index (χ1) is 11.9. The van der Waals surface area contributed by atoms with Crippen molar-refractivity contribution in [2.45, 2.75) is 24.5 Å². The van der Waals surface area contributed by atoms with Gasteiger partial charge in [0.05, 0.1) is 12.4 Å². The third kappa shape index (κ3) is 3.23. The van der Waals surface area contributed by atoms with Crippen LogP contribution in [0.4, 0.5) is 10.2 Å². The van der Waals surface area contributed by atoms with Crippen LogP contribution in [0.25, 0.3) is 11.2 Å². The molecule has 0 spiro atoms. The first kappa shape index (κ1) is 17.7. The molecule has 2 aromatic heterocycles. The number of carbonyl (C=O) groups is 1. The van der Waals surface area contributed by atoms with Crippen molar-refractivity contribution in [3.63, 3.8) is 0 Å². The summed E-state index contributed by atoms with van der Waals surface area (Å²) >= 11 is 1.48. The standard InChI is InChI=1S/C14H16FN5O4S/c1-6(15)13(23)19-11-8-12(17-4-16-11)20(5-18-8)14-10(22)9(21)7(24-14)3-25-2/h4-5,7,9-10,14,21-22H,1,3H2,2H3,(H,16,17,19,23)/t7-,9-,10-,14?/m1/s1. The van der Waals surface area contributed by atoms with Crippen LogP contribution in [0.2, 0.25) is 0 Å². The molecule has 11 heteroatoms. The van der Waals surface area contributed by atoms with Crippen LogP contribution in [0.1, 0.15) is 6.23 Å². The zero-order valence-electron chi connectivity index (χ0n) is 13.2. The predicted octanol–water partition coefficient (Wildman–Crippen LogP) is 0.230. The Kier molecular flexibility index (Phi) is 4.99. The van der Waals surface area contributed by atoms with Crippen molar-refractivity contribution in [1.29, 1.82) is 0 Å². The van der Waals surface area contributed by atoms with Crippen molar-refractivity contribution in [3.05, 3.63) is 25.1 Å². The van der Waals surface area contributed by atoms with Gasteiger partial charge >= 0.3 is 0 Å². The Balaban J connectivity index is 1.94. The third-order valence-corrected chi connectivity index (χ3v) is 4.44. The van der Waals surface area contributed by atoms with Gasteiger partial charge in [0.15, 0.2) is 29.0 Å². The van der Waals surface area contributed by atoms with Crippen molar-refractivity contribution in [1.82, 2.24) is 19.5 Å². The zero-order chi connectivity index (χ0) is 18.1. The number of nitrogens with zero attached hydrogens (tertiary/aromatic N) is 4. The maximum absolute atomic E-state index is 12.9. The highest BCUT2D eigenvalue weighted by Gasteiger charge is 2.44. The van der Waals surface area contributed by atoms with Crippen LogP contribution < -0.4 is 5.32 Å². The summed E-state index contributed by atoms with van der Waals surface area (Å²) in [5, 5.41) is 22.6. The van der Waals surface area contributed by atoms with E-state index in [2.05, 4.69) is 26.8 Å². The highest BCUT2D eigenvalue weighted by Crippen LogP contribution is 2.33. The second-order valence-corrected chi connectivity index (χ2v) is 6.32. The third-order valence-electron chi connectivity index (χ3n) is 3.78. The topological polar surface area (TPSA) is 122 Å². The maximum atomic E-state index is 12.9. The largest absolute Gasteiger partial charge is 0.387 e. The summed E-state index contributed by atoms with van der Waals surface area (Å²) < 4.78 is 20.0. The number of carbonyl (C=O) groups excluding carboxylic acids is 1. The van der Waals surface area contributed by atoms with Gasteiger partial charge in [-0.05, 0) is 6.26 Å². The summed E-state index contributed by atoms with van der Waals surface area (Å²) in [5.74, 6) is -1.69. The normalized spacial score (nSPS) is 26.1. The molecule has 0 bridgehead atoms. The Hall–Kier alpha value is -2.08. The van der Waals surface area contributed by atoms with Crippen LogP contribution in [0.3, 0.4) is 0 Å². The number of halogens is 1. The number of rotatable bonds is 5. The van der Waals surface area contributed by atoms with Crippen LogP contribution in [-0.2, 0) is 9.53 Å². The molecule has 134 valence electrons. The van der Waals surface area contributed by atoms with Gasteiger partial charge in [0, 0.05) is 5.75 Å². The fourth-order valence-electron chi connectivity index (χ4n) is 2.57. The first-order valence-corrected chi connectivity index (χ1v) is 8.67. The highest BCUT2D eigenvalue weighted by atomic mass is 32.2. The van der Waals surface area contributed by atoms with Gasteiger partial charge in [-0.2, -0.15) is 11.8 Å². The molecule has 1 aliphatic heterocycles. The lowest BCUT2D eigenvalue weighted by atomic mass is 10.1. The average Bonchev–Trinajstić information content (AvgIpc) is 3.12. The van der Waals surface area contributed by atoms with E-state index in [1.165, 1.54) is 22.7 Å². The van der Waals surface area contributed by atoms with E-state index < -0.39 is 36.3 Å². The number of thioether (sulfide) groups is 1. The molecule has 0 radical (unpaired) electrons. The van der Waals surface area contributed by atoms with Crippen molar-refractivity contribution < 1.29 is 24.1 Å². The van der Waals surface area contributed by atoms with E-state index in [1.54, 1.807) is 0 Å². The van der Waals surface area contributed by atoms with Gasteiger partial charge in [0.25, 0.3) is 5.91 Å². The summed E-state index contributed by atoms with van der Waals surface area (Å²) in [6.07, 6.45) is 0.716. The molecule has 2 aromatic rings. The summed E-state index contributed by atoms with van der Waals surface area (Å²) in [7, 11) is 0. The van der Waals surface area contributed by atoms with E-state index in [1.807, 2.05) is 6.26 Å². The molecule has 9 nitrogen and oxygen atoms in total. The predicted molar refractivity (Wildman–Crippen MR) is 88.5 cm³/mol. The van der Waals surface area contributed by atoms with E-state index in [0.717, 1.165) is 6.33 Å². The van der Waals surface area contributed by atoms with E-state index in [4.69, 9.17) is 4.74 Å². The molecule has 1 aliphatic rings. The molecular formula is C14H16FN5O4S. The lowest BCUT2D eigenvalue weighted by molar-refractivity contribution is -0.114. The van der Waals surface area contributed by atoms with Crippen LogP contribution >= 0.6 is 11.8 Å². The van der Waals surface area contributed by atoms with Crippen LogP contribution in [0, 0.1) is 0 Å². The number of amides is 1. The molecule has 1 unspecified atom stereocenters. The Morgan fingerprint density at radius 2 is 2.20 bits per heavy atom. The minimum absolute atomic E-state index is 0.00116. The minimum Gasteiger partial charge on any atom is -0.387 e. The SMILES string of the molecule is C=C(F)C(=O)Nc1ncnc2c1ncn2C1O[C@H](CSC)[C@@H](O)[C@H]1O. The summed E-state index contributed by atoms with van der Waals surface area (Å²) in [6.45, 7) is 2.91. The number of aromatic nitrogens is 4. The van der Waals surface area contributed by atoms with Gasteiger partial charge < -0.3 is 20.3 Å². The van der Waals surface area contributed by atoms with Gasteiger partial charge in [0.2, 0.25) is 0 Å². The van der Waals surface area contributed by atoms with Crippen LogP contribution in [-0.4, -0.2) is 66.0 Å². The highest BCUT2D eigenvalue weighted by molar-refractivity contribution is 7.98.